The molecule has 0 amide bonds. The van der Waals surface area contributed by atoms with Crippen LogP contribution in [-0.4, -0.2) is 16.6 Å². The number of carboxylic acids is 1. The van der Waals surface area contributed by atoms with Gasteiger partial charge in [0.25, 0.3) is 0 Å². The predicted octanol–water partition coefficient (Wildman–Crippen LogP) is 2.83. The van der Waals surface area contributed by atoms with Crippen LogP contribution < -0.4 is 5.32 Å². The molecule has 0 saturated carbocycles. The van der Waals surface area contributed by atoms with Crippen LogP contribution in [-0.2, 0) is 6.54 Å². The number of carbonyl (C=O) groups is 1. The Bertz CT molecular complexity index is 410. The molecule has 0 aliphatic carbocycles. The van der Waals surface area contributed by atoms with Crippen molar-refractivity contribution >= 4 is 5.97 Å². The summed E-state index contributed by atoms with van der Waals surface area (Å²) >= 11 is 0. The molecular weight excluding hydrogens is 214 g/mol. The van der Waals surface area contributed by atoms with Gasteiger partial charge in [-0.1, -0.05) is 18.2 Å². The second kappa shape index (κ2) is 5.64. The van der Waals surface area contributed by atoms with Crippen LogP contribution in [0.4, 0.5) is 0 Å². The van der Waals surface area contributed by atoms with E-state index in [0.717, 1.165) is 12.0 Å². The highest BCUT2D eigenvalue weighted by atomic mass is 16.4. The summed E-state index contributed by atoms with van der Waals surface area (Å²) < 4.78 is 0. The maximum Gasteiger partial charge on any atom is 0.335 e. The fourth-order valence-electron chi connectivity index (χ4n) is 1.59. The third kappa shape index (κ3) is 4.41. The summed E-state index contributed by atoms with van der Waals surface area (Å²) in [5.41, 5.74) is 1.27. The van der Waals surface area contributed by atoms with Gasteiger partial charge in [0.1, 0.15) is 0 Å². The zero-order chi connectivity index (χ0) is 12.9. The van der Waals surface area contributed by atoms with E-state index in [-0.39, 0.29) is 5.54 Å². The Morgan fingerprint density at radius 2 is 2.24 bits per heavy atom. The lowest BCUT2D eigenvalue weighted by Gasteiger charge is -2.25. The van der Waals surface area contributed by atoms with Crippen molar-refractivity contribution in [2.45, 2.75) is 32.4 Å². The first-order valence-electron chi connectivity index (χ1n) is 5.63. The Kier molecular flexibility index (Phi) is 4.46. The maximum atomic E-state index is 10.8. The van der Waals surface area contributed by atoms with E-state index < -0.39 is 5.97 Å². The maximum absolute atomic E-state index is 10.8. The standard InChI is InChI=1S/C14H19NO2/c1-4-8-14(2,3)15-10-11-6-5-7-12(9-11)13(16)17/h4-7,9,15H,1,8,10H2,2-3H3,(H,16,17). The monoisotopic (exact) mass is 233 g/mol. The first-order valence-corrected chi connectivity index (χ1v) is 5.63. The van der Waals surface area contributed by atoms with Crippen molar-refractivity contribution in [1.82, 2.24) is 5.32 Å². The molecule has 17 heavy (non-hydrogen) atoms. The topological polar surface area (TPSA) is 49.3 Å². The summed E-state index contributed by atoms with van der Waals surface area (Å²) in [6, 6.07) is 6.98. The zero-order valence-electron chi connectivity index (χ0n) is 10.4. The Morgan fingerprint density at radius 3 is 2.82 bits per heavy atom. The molecule has 0 bridgehead atoms. The van der Waals surface area contributed by atoms with Crippen LogP contribution in [0.2, 0.25) is 0 Å². The van der Waals surface area contributed by atoms with E-state index in [9.17, 15) is 4.79 Å². The van der Waals surface area contributed by atoms with Crippen LogP contribution in [0.1, 0.15) is 36.2 Å². The van der Waals surface area contributed by atoms with E-state index in [1.807, 2.05) is 12.1 Å². The van der Waals surface area contributed by atoms with Crippen molar-refractivity contribution in [2.75, 3.05) is 0 Å². The fourth-order valence-corrected chi connectivity index (χ4v) is 1.59. The van der Waals surface area contributed by atoms with E-state index in [4.69, 9.17) is 5.11 Å². The average Bonchev–Trinajstić information content (AvgIpc) is 2.27. The molecule has 3 nitrogen and oxygen atoms in total. The molecule has 0 radical (unpaired) electrons. The number of benzene rings is 1. The van der Waals surface area contributed by atoms with Crippen LogP contribution in [0, 0.1) is 0 Å². The first-order chi connectivity index (χ1) is 7.94. The van der Waals surface area contributed by atoms with Gasteiger partial charge in [-0.3, -0.25) is 0 Å². The normalized spacial score (nSPS) is 11.2. The highest BCUT2D eigenvalue weighted by Gasteiger charge is 2.14. The Balaban J connectivity index is 2.66. The summed E-state index contributed by atoms with van der Waals surface area (Å²) in [6.07, 6.45) is 2.74. The van der Waals surface area contributed by atoms with E-state index in [0.29, 0.717) is 12.1 Å². The van der Waals surface area contributed by atoms with Crippen molar-refractivity contribution in [2.24, 2.45) is 0 Å². The molecule has 0 saturated heterocycles. The van der Waals surface area contributed by atoms with Crippen molar-refractivity contribution in [3.8, 4) is 0 Å². The third-order valence-corrected chi connectivity index (χ3v) is 2.60. The van der Waals surface area contributed by atoms with Gasteiger partial charge in [-0.25, -0.2) is 4.79 Å². The second-order valence-corrected chi connectivity index (χ2v) is 4.74. The van der Waals surface area contributed by atoms with Gasteiger partial charge < -0.3 is 10.4 Å². The Labute approximate surface area is 102 Å². The van der Waals surface area contributed by atoms with Crippen LogP contribution in [0.15, 0.2) is 36.9 Å². The van der Waals surface area contributed by atoms with Gasteiger partial charge in [-0.2, -0.15) is 0 Å². The van der Waals surface area contributed by atoms with Crippen molar-refractivity contribution < 1.29 is 9.90 Å². The lowest BCUT2D eigenvalue weighted by Crippen LogP contribution is -2.38. The van der Waals surface area contributed by atoms with E-state index >= 15 is 0 Å². The highest BCUT2D eigenvalue weighted by Crippen LogP contribution is 2.11. The molecular formula is C14H19NO2. The summed E-state index contributed by atoms with van der Waals surface area (Å²) in [7, 11) is 0. The van der Waals surface area contributed by atoms with Gasteiger partial charge in [0, 0.05) is 12.1 Å². The number of hydrogen-bond donors (Lipinski definition) is 2. The lowest BCUT2D eigenvalue weighted by molar-refractivity contribution is 0.0697. The lowest BCUT2D eigenvalue weighted by atomic mass is 10.00. The fraction of sp³-hybridized carbons (Fsp3) is 0.357. The summed E-state index contributed by atoms with van der Waals surface area (Å²) in [6.45, 7) is 8.56. The molecule has 0 atom stereocenters. The molecule has 0 aliphatic rings. The minimum absolute atomic E-state index is 0.0268. The van der Waals surface area contributed by atoms with Crippen LogP contribution in [0.3, 0.4) is 0 Å². The van der Waals surface area contributed by atoms with Gasteiger partial charge in [-0.05, 0) is 38.0 Å². The molecule has 0 aliphatic heterocycles. The van der Waals surface area contributed by atoms with Crippen LogP contribution in [0.25, 0.3) is 0 Å². The van der Waals surface area contributed by atoms with E-state index in [2.05, 4.69) is 25.7 Å². The van der Waals surface area contributed by atoms with E-state index in [1.165, 1.54) is 0 Å². The number of hydrogen-bond acceptors (Lipinski definition) is 2. The van der Waals surface area contributed by atoms with Gasteiger partial charge in [-0.15, -0.1) is 6.58 Å². The Morgan fingerprint density at radius 1 is 1.53 bits per heavy atom. The molecule has 92 valence electrons. The van der Waals surface area contributed by atoms with Crippen molar-refractivity contribution in [1.29, 1.82) is 0 Å². The van der Waals surface area contributed by atoms with Crippen molar-refractivity contribution in [3.63, 3.8) is 0 Å². The molecule has 0 fully saturated rings. The van der Waals surface area contributed by atoms with E-state index in [1.54, 1.807) is 18.2 Å². The number of aromatic carboxylic acids is 1. The zero-order valence-corrected chi connectivity index (χ0v) is 10.4. The molecule has 0 unspecified atom stereocenters. The predicted molar refractivity (Wildman–Crippen MR) is 69.1 cm³/mol. The molecule has 0 heterocycles. The summed E-state index contributed by atoms with van der Waals surface area (Å²) in [5, 5.41) is 12.3. The molecule has 1 rings (SSSR count). The number of carboxylic acid groups (broad SMARTS) is 1. The molecule has 0 spiro atoms. The smallest absolute Gasteiger partial charge is 0.335 e. The third-order valence-electron chi connectivity index (χ3n) is 2.60. The first kappa shape index (κ1) is 13.5. The molecule has 2 N–H and O–H groups in total. The highest BCUT2D eigenvalue weighted by molar-refractivity contribution is 5.87. The minimum Gasteiger partial charge on any atom is -0.478 e. The number of rotatable bonds is 6. The quantitative estimate of drug-likeness (QED) is 0.743. The number of nitrogens with one attached hydrogen (secondary N) is 1. The molecule has 1 aromatic carbocycles. The SMILES string of the molecule is C=CCC(C)(C)NCc1cccc(C(=O)O)c1. The van der Waals surface area contributed by atoms with Crippen LogP contribution in [0.5, 0.6) is 0 Å². The minimum atomic E-state index is -0.891. The second-order valence-electron chi connectivity index (χ2n) is 4.74. The van der Waals surface area contributed by atoms with Gasteiger partial charge in [0.2, 0.25) is 0 Å². The van der Waals surface area contributed by atoms with Gasteiger partial charge >= 0.3 is 5.97 Å². The summed E-state index contributed by atoms with van der Waals surface area (Å²) in [4.78, 5) is 10.8. The summed E-state index contributed by atoms with van der Waals surface area (Å²) in [5.74, 6) is -0.891. The van der Waals surface area contributed by atoms with Gasteiger partial charge in [0.15, 0.2) is 0 Å². The largest absolute Gasteiger partial charge is 0.478 e. The van der Waals surface area contributed by atoms with Crippen LogP contribution >= 0.6 is 0 Å². The molecule has 0 aromatic heterocycles. The van der Waals surface area contributed by atoms with Crippen molar-refractivity contribution in [3.05, 3.63) is 48.0 Å². The molecule has 1 aromatic rings. The Hall–Kier alpha value is -1.61. The van der Waals surface area contributed by atoms with Gasteiger partial charge in [0.05, 0.1) is 5.56 Å². The average molecular weight is 233 g/mol. The molecule has 3 heteroatoms.